The van der Waals surface area contributed by atoms with E-state index in [-0.39, 0.29) is 22.7 Å². The summed E-state index contributed by atoms with van der Waals surface area (Å²) in [4.78, 5) is 14.1. The topological polar surface area (TPSA) is 46.3 Å². The van der Waals surface area contributed by atoms with Crippen LogP contribution in [0.2, 0.25) is 0 Å². The maximum Gasteiger partial charge on any atom is 0.253 e. The van der Waals surface area contributed by atoms with Crippen LogP contribution in [0.4, 0.5) is 8.78 Å². The zero-order chi connectivity index (χ0) is 18.8. The van der Waals surface area contributed by atoms with Crippen molar-refractivity contribution >= 4 is 5.91 Å². The molecule has 0 saturated carbocycles. The third kappa shape index (κ3) is 4.42. The van der Waals surface area contributed by atoms with Gasteiger partial charge in [0.15, 0.2) is 0 Å². The van der Waals surface area contributed by atoms with Gasteiger partial charge < -0.3 is 10.6 Å². The Morgan fingerprint density at radius 1 is 1.12 bits per heavy atom. The SMILES string of the molecule is Cc1cc(F)ccc1-c1ccc(C(=O)N(C)CC(C)(C)CN)cc1F. The van der Waals surface area contributed by atoms with Crippen molar-refractivity contribution in [2.45, 2.75) is 20.8 Å². The van der Waals surface area contributed by atoms with Crippen LogP contribution < -0.4 is 5.73 Å². The first-order valence-corrected chi connectivity index (χ1v) is 8.16. The molecule has 0 unspecified atom stereocenters. The molecule has 2 aromatic rings. The second-order valence-corrected chi connectivity index (χ2v) is 7.18. The molecule has 0 aliphatic heterocycles. The zero-order valence-electron chi connectivity index (χ0n) is 15.1. The van der Waals surface area contributed by atoms with E-state index in [1.807, 2.05) is 13.8 Å². The van der Waals surface area contributed by atoms with Gasteiger partial charge >= 0.3 is 0 Å². The van der Waals surface area contributed by atoms with Crippen LogP contribution in [0, 0.1) is 24.0 Å². The van der Waals surface area contributed by atoms with Gasteiger partial charge in [-0.2, -0.15) is 0 Å². The predicted octanol–water partition coefficient (Wildman–Crippen LogP) is 4.00. The van der Waals surface area contributed by atoms with Gasteiger partial charge in [-0.15, -0.1) is 0 Å². The number of carbonyl (C=O) groups excluding carboxylic acids is 1. The molecule has 2 N–H and O–H groups in total. The van der Waals surface area contributed by atoms with Gasteiger partial charge in [0.25, 0.3) is 5.91 Å². The second-order valence-electron chi connectivity index (χ2n) is 7.18. The van der Waals surface area contributed by atoms with Crippen molar-refractivity contribution in [2.24, 2.45) is 11.1 Å². The fraction of sp³-hybridized carbons (Fsp3) is 0.350. The zero-order valence-corrected chi connectivity index (χ0v) is 15.1. The van der Waals surface area contributed by atoms with Crippen LogP contribution >= 0.6 is 0 Å². The summed E-state index contributed by atoms with van der Waals surface area (Å²) in [5.74, 6) is -1.13. The molecule has 0 heterocycles. The van der Waals surface area contributed by atoms with Gasteiger partial charge in [-0.05, 0) is 54.3 Å². The summed E-state index contributed by atoms with van der Waals surface area (Å²) in [6.45, 7) is 6.58. The average molecular weight is 346 g/mol. The summed E-state index contributed by atoms with van der Waals surface area (Å²) in [6, 6.07) is 8.58. The lowest BCUT2D eigenvalue weighted by molar-refractivity contribution is 0.0740. The molecule has 3 nitrogen and oxygen atoms in total. The Bertz CT molecular complexity index is 787. The van der Waals surface area contributed by atoms with E-state index in [4.69, 9.17) is 5.73 Å². The van der Waals surface area contributed by atoms with Gasteiger partial charge in [0.2, 0.25) is 0 Å². The van der Waals surface area contributed by atoms with Crippen molar-refractivity contribution in [1.82, 2.24) is 4.90 Å². The largest absolute Gasteiger partial charge is 0.341 e. The summed E-state index contributed by atoms with van der Waals surface area (Å²) in [5, 5.41) is 0. The number of carbonyl (C=O) groups is 1. The maximum atomic E-state index is 14.6. The minimum absolute atomic E-state index is 0.214. The summed E-state index contributed by atoms with van der Waals surface area (Å²) in [6.07, 6.45) is 0. The van der Waals surface area contributed by atoms with E-state index in [2.05, 4.69) is 0 Å². The quantitative estimate of drug-likeness (QED) is 0.889. The Kier molecular flexibility index (Phi) is 5.58. The highest BCUT2D eigenvalue weighted by Crippen LogP contribution is 2.28. The number of hydrogen-bond donors (Lipinski definition) is 1. The Morgan fingerprint density at radius 3 is 2.32 bits per heavy atom. The lowest BCUT2D eigenvalue weighted by atomic mass is 9.93. The van der Waals surface area contributed by atoms with Gasteiger partial charge in [0.1, 0.15) is 11.6 Å². The Labute approximate surface area is 147 Å². The van der Waals surface area contributed by atoms with E-state index in [1.165, 1.54) is 18.2 Å². The van der Waals surface area contributed by atoms with Gasteiger partial charge in [0.05, 0.1) is 0 Å². The number of nitrogens with two attached hydrogens (primary N) is 1. The number of aryl methyl sites for hydroxylation is 1. The highest BCUT2D eigenvalue weighted by molar-refractivity contribution is 5.94. The standard InChI is InChI=1S/C20H24F2N2O/c1-13-9-15(21)6-8-16(13)17-7-5-14(10-18(17)22)19(25)24(4)12-20(2,3)11-23/h5-10H,11-12,23H2,1-4H3. The smallest absolute Gasteiger partial charge is 0.253 e. The van der Waals surface area contributed by atoms with E-state index in [1.54, 1.807) is 37.1 Å². The van der Waals surface area contributed by atoms with Crippen molar-refractivity contribution in [1.29, 1.82) is 0 Å². The average Bonchev–Trinajstić information content (AvgIpc) is 2.54. The Balaban J connectivity index is 2.28. The minimum Gasteiger partial charge on any atom is -0.341 e. The fourth-order valence-electron chi connectivity index (χ4n) is 2.79. The molecule has 0 saturated heterocycles. The van der Waals surface area contributed by atoms with E-state index in [9.17, 15) is 13.6 Å². The van der Waals surface area contributed by atoms with Crippen LogP contribution in [-0.4, -0.2) is 30.9 Å². The van der Waals surface area contributed by atoms with Crippen molar-refractivity contribution in [3.63, 3.8) is 0 Å². The van der Waals surface area contributed by atoms with Crippen LogP contribution in [0.5, 0.6) is 0 Å². The molecule has 1 amide bonds. The summed E-state index contributed by atoms with van der Waals surface area (Å²) < 4.78 is 27.8. The van der Waals surface area contributed by atoms with E-state index >= 15 is 0 Å². The maximum absolute atomic E-state index is 14.6. The van der Waals surface area contributed by atoms with Crippen molar-refractivity contribution in [3.8, 4) is 11.1 Å². The highest BCUT2D eigenvalue weighted by Gasteiger charge is 2.22. The molecular weight excluding hydrogens is 322 g/mol. The molecule has 0 fully saturated rings. The number of amides is 1. The van der Waals surface area contributed by atoms with Crippen LogP contribution in [0.25, 0.3) is 11.1 Å². The highest BCUT2D eigenvalue weighted by atomic mass is 19.1. The normalized spacial score (nSPS) is 11.5. The number of hydrogen-bond acceptors (Lipinski definition) is 2. The van der Waals surface area contributed by atoms with Gasteiger partial charge in [-0.1, -0.05) is 26.0 Å². The van der Waals surface area contributed by atoms with Crippen LogP contribution in [0.15, 0.2) is 36.4 Å². The van der Waals surface area contributed by atoms with E-state index in [0.717, 1.165) is 0 Å². The number of rotatable bonds is 5. The molecule has 0 spiro atoms. The van der Waals surface area contributed by atoms with E-state index in [0.29, 0.717) is 29.8 Å². The van der Waals surface area contributed by atoms with Crippen LogP contribution in [0.3, 0.4) is 0 Å². The molecule has 0 aliphatic rings. The molecule has 2 aromatic carbocycles. The van der Waals surface area contributed by atoms with Gasteiger partial charge in [-0.25, -0.2) is 8.78 Å². The molecule has 0 bridgehead atoms. The van der Waals surface area contributed by atoms with Gasteiger partial charge in [-0.3, -0.25) is 4.79 Å². The summed E-state index contributed by atoms with van der Waals surface area (Å²) >= 11 is 0. The number of benzene rings is 2. The lowest BCUT2D eigenvalue weighted by Gasteiger charge is -2.29. The Hall–Kier alpha value is -2.27. The monoisotopic (exact) mass is 346 g/mol. The van der Waals surface area contributed by atoms with Crippen molar-refractivity contribution in [2.75, 3.05) is 20.1 Å². The first-order valence-electron chi connectivity index (χ1n) is 8.16. The van der Waals surface area contributed by atoms with Gasteiger partial charge in [0, 0.05) is 24.7 Å². The second kappa shape index (κ2) is 7.31. The third-order valence-electron chi connectivity index (χ3n) is 4.26. The molecule has 2 rings (SSSR count). The fourth-order valence-corrected chi connectivity index (χ4v) is 2.79. The number of halogens is 2. The molecule has 0 aliphatic carbocycles. The number of nitrogens with zero attached hydrogens (tertiary/aromatic N) is 1. The van der Waals surface area contributed by atoms with Crippen molar-refractivity contribution < 1.29 is 13.6 Å². The summed E-state index contributed by atoms with van der Waals surface area (Å²) in [7, 11) is 1.68. The third-order valence-corrected chi connectivity index (χ3v) is 4.26. The summed E-state index contributed by atoms with van der Waals surface area (Å²) in [5.41, 5.74) is 7.35. The molecule has 0 aromatic heterocycles. The first kappa shape index (κ1) is 19.1. The predicted molar refractivity (Wildman–Crippen MR) is 96.3 cm³/mol. The first-order chi connectivity index (χ1) is 11.6. The van der Waals surface area contributed by atoms with E-state index < -0.39 is 5.82 Å². The van der Waals surface area contributed by atoms with Crippen molar-refractivity contribution in [3.05, 3.63) is 59.2 Å². The molecule has 0 atom stereocenters. The van der Waals surface area contributed by atoms with Crippen LogP contribution in [0.1, 0.15) is 29.8 Å². The van der Waals surface area contributed by atoms with Crippen LogP contribution in [-0.2, 0) is 0 Å². The minimum atomic E-state index is -0.507. The molecule has 25 heavy (non-hydrogen) atoms. The Morgan fingerprint density at radius 2 is 1.76 bits per heavy atom. The molecule has 0 radical (unpaired) electrons. The lowest BCUT2D eigenvalue weighted by Crippen LogP contribution is -2.39. The molecule has 134 valence electrons. The molecule has 5 heteroatoms. The molecular formula is C20H24F2N2O.